The van der Waals surface area contributed by atoms with Gasteiger partial charge in [-0.1, -0.05) is 6.42 Å². The molecule has 0 aromatic heterocycles. The van der Waals surface area contributed by atoms with Crippen molar-refractivity contribution >= 4 is 23.8 Å². The van der Waals surface area contributed by atoms with Crippen molar-refractivity contribution < 1.29 is 24.3 Å². The molecule has 122 valence electrons. The quantitative estimate of drug-likeness (QED) is 0.395. The molecule has 0 saturated carbocycles. The minimum absolute atomic E-state index is 0.0784. The lowest BCUT2D eigenvalue weighted by molar-refractivity contribution is -0.137. The number of imide groups is 1. The summed E-state index contributed by atoms with van der Waals surface area (Å²) in [7, 11) is 0. The number of nitrogens with one attached hydrogen (secondary N) is 2. The molecule has 0 aromatic rings. The van der Waals surface area contributed by atoms with Gasteiger partial charge >= 0.3 is 6.09 Å². The number of unbranched alkanes of at least 4 members (excludes halogenated alkanes) is 2. The minimum atomic E-state index is -1.07. The molecule has 0 fully saturated rings. The number of rotatable bonds is 10. The van der Waals surface area contributed by atoms with Gasteiger partial charge in [-0.15, -0.1) is 0 Å². The van der Waals surface area contributed by atoms with E-state index in [9.17, 15) is 19.2 Å². The molecular formula is C14H21N3O5. The molecule has 8 nitrogen and oxygen atoms in total. The zero-order valence-corrected chi connectivity index (χ0v) is 12.3. The highest BCUT2D eigenvalue weighted by Crippen LogP contribution is 2.07. The summed E-state index contributed by atoms with van der Waals surface area (Å²) in [5.41, 5.74) is 0. The standard InChI is InChI=1S/C14H21N3O5/c18-11(15-8-4-9-16-14(21)22)5-2-1-3-10-17-12(19)6-7-13(17)20/h6-7,16H,1-5,8-10H2,(H,15,18)(H,21,22). The maximum Gasteiger partial charge on any atom is 0.404 e. The third kappa shape index (κ3) is 6.87. The monoisotopic (exact) mass is 311 g/mol. The maximum absolute atomic E-state index is 11.5. The van der Waals surface area contributed by atoms with Gasteiger partial charge in [0, 0.05) is 38.2 Å². The summed E-state index contributed by atoms with van der Waals surface area (Å²) in [6, 6.07) is 0. The highest BCUT2D eigenvalue weighted by Gasteiger charge is 2.22. The third-order valence-corrected chi connectivity index (χ3v) is 3.14. The second kappa shape index (κ2) is 9.54. The largest absolute Gasteiger partial charge is 0.465 e. The van der Waals surface area contributed by atoms with E-state index in [2.05, 4.69) is 10.6 Å². The van der Waals surface area contributed by atoms with E-state index in [0.29, 0.717) is 45.3 Å². The molecular weight excluding hydrogens is 290 g/mol. The topological polar surface area (TPSA) is 116 Å². The van der Waals surface area contributed by atoms with Crippen LogP contribution in [0.5, 0.6) is 0 Å². The van der Waals surface area contributed by atoms with Crippen molar-refractivity contribution in [3.05, 3.63) is 12.2 Å². The van der Waals surface area contributed by atoms with Crippen molar-refractivity contribution in [1.29, 1.82) is 0 Å². The lowest BCUT2D eigenvalue weighted by Crippen LogP contribution is -2.31. The number of nitrogens with zero attached hydrogens (tertiary/aromatic N) is 1. The van der Waals surface area contributed by atoms with Gasteiger partial charge in [-0.25, -0.2) is 4.79 Å². The van der Waals surface area contributed by atoms with E-state index in [0.717, 1.165) is 6.42 Å². The van der Waals surface area contributed by atoms with Gasteiger partial charge in [0.15, 0.2) is 0 Å². The molecule has 0 atom stereocenters. The predicted molar refractivity (Wildman–Crippen MR) is 78.0 cm³/mol. The van der Waals surface area contributed by atoms with E-state index in [-0.39, 0.29) is 17.7 Å². The summed E-state index contributed by atoms with van der Waals surface area (Å²) < 4.78 is 0. The highest BCUT2D eigenvalue weighted by atomic mass is 16.4. The fraction of sp³-hybridized carbons (Fsp3) is 0.571. The third-order valence-electron chi connectivity index (χ3n) is 3.14. The van der Waals surface area contributed by atoms with E-state index in [1.165, 1.54) is 17.1 Å². The van der Waals surface area contributed by atoms with E-state index in [4.69, 9.17) is 5.11 Å². The Bertz CT molecular complexity index is 443. The van der Waals surface area contributed by atoms with Gasteiger partial charge < -0.3 is 15.7 Å². The van der Waals surface area contributed by atoms with E-state index in [1.807, 2.05) is 0 Å². The zero-order valence-electron chi connectivity index (χ0n) is 12.3. The Morgan fingerprint density at radius 2 is 1.59 bits per heavy atom. The number of hydrogen-bond donors (Lipinski definition) is 3. The molecule has 4 amide bonds. The second-order valence-electron chi connectivity index (χ2n) is 4.91. The average molecular weight is 311 g/mol. The summed E-state index contributed by atoms with van der Waals surface area (Å²) in [5.74, 6) is -0.638. The Labute approximate surface area is 128 Å². The van der Waals surface area contributed by atoms with Gasteiger partial charge in [-0.3, -0.25) is 19.3 Å². The van der Waals surface area contributed by atoms with Crippen molar-refractivity contribution in [3.63, 3.8) is 0 Å². The van der Waals surface area contributed by atoms with Crippen molar-refractivity contribution in [2.24, 2.45) is 0 Å². The lowest BCUT2D eigenvalue weighted by atomic mass is 10.2. The molecule has 0 unspecified atom stereocenters. The fourth-order valence-electron chi connectivity index (χ4n) is 1.98. The molecule has 0 bridgehead atoms. The molecule has 22 heavy (non-hydrogen) atoms. The first-order valence-electron chi connectivity index (χ1n) is 7.27. The molecule has 0 aromatic carbocycles. The Balaban J connectivity index is 1.96. The summed E-state index contributed by atoms with van der Waals surface area (Å²) >= 11 is 0. The van der Waals surface area contributed by atoms with Crippen LogP contribution >= 0.6 is 0 Å². The second-order valence-corrected chi connectivity index (χ2v) is 4.91. The van der Waals surface area contributed by atoms with Crippen molar-refractivity contribution in [2.75, 3.05) is 19.6 Å². The van der Waals surface area contributed by atoms with Gasteiger partial charge in [0.1, 0.15) is 0 Å². The van der Waals surface area contributed by atoms with Crippen LogP contribution in [-0.2, 0) is 14.4 Å². The van der Waals surface area contributed by atoms with Gasteiger partial charge in [0.05, 0.1) is 0 Å². The molecule has 0 aliphatic carbocycles. The van der Waals surface area contributed by atoms with Gasteiger partial charge in [0.25, 0.3) is 11.8 Å². The van der Waals surface area contributed by atoms with Crippen LogP contribution in [0.3, 0.4) is 0 Å². The molecule has 0 radical (unpaired) electrons. The van der Waals surface area contributed by atoms with E-state index >= 15 is 0 Å². The van der Waals surface area contributed by atoms with Crippen LogP contribution in [0.4, 0.5) is 4.79 Å². The molecule has 1 aliphatic heterocycles. The predicted octanol–water partition coefficient (Wildman–Crippen LogP) is 0.246. The van der Waals surface area contributed by atoms with Crippen LogP contribution in [0.2, 0.25) is 0 Å². The van der Waals surface area contributed by atoms with E-state index < -0.39 is 6.09 Å². The number of carboxylic acid groups (broad SMARTS) is 1. The molecule has 1 aliphatic rings. The molecule has 3 N–H and O–H groups in total. The molecule has 8 heteroatoms. The molecule has 1 rings (SSSR count). The van der Waals surface area contributed by atoms with Crippen molar-refractivity contribution in [3.8, 4) is 0 Å². The maximum atomic E-state index is 11.5. The number of amides is 4. The first-order valence-corrected chi connectivity index (χ1v) is 7.27. The van der Waals surface area contributed by atoms with Crippen molar-refractivity contribution in [1.82, 2.24) is 15.5 Å². The van der Waals surface area contributed by atoms with Crippen LogP contribution < -0.4 is 10.6 Å². The Hall–Kier alpha value is -2.38. The highest BCUT2D eigenvalue weighted by molar-refractivity contribution is 6.12. The lowest BCUT2D eigenvalue weighted by Gasteiger charge is -2.13. The van der Waals surface area contributed by atoms with Gasteiger partial charge in [-0.05, 0) is 19.3 Å². The zero-order chi connectivity index (χ0) is 16.4. The Kier molecular flexibility index (Phi) is 7.66. The van der Waals surface area contributed by atoms with E-state index in [1.54, 1.807) is 0 Å². The van der Waals surface area contributed by atoms with Gasteiger partial charge in [-0.2, -0.15) is 0 Å². The molecule has 1 heterocycles. The average Bonchev–Trinajstić information content (AvgIpc) is 2.77. The van der Waals surface area contributed by atoms with Crippen LogP contribution in [0.15, 0.2) is 12.2 Å². The van der Waals surface area contributed by atoms with Crippen LogP contribution in [0.25, 0.3) is 0 Å². The number of carbonyl (C=O) groups is 4. The summed E-state index contributed by atoms with van der Waals surface area (Å²) in [6.07, 6.45) is 4.49. The molecule has 0 saturated heterocycles. The van der Waals surface area contributed by atoms with Crippen LogP contribution in [0, 0.1) is 0 Å². The summed E-state index contributed by atoms with van der Waals surface area (Å²) in [4.78, 5) is 45.4. The normalized spacial score (nSPS) is 13.5. The van der Waals surface area contributed by atoms with Gasteiger partial charge in [0.2, 0.25) is 5.91 Å². The first-order chi connectivity index (χ1) is 10.5. The van der Waals surface area contributed by atoms with Crippen LogP contribution in [-0.4, -0.2) is 53.5 Å². The number of carbonyl (C=O) groups excluding carboxylic acids is 3. The number of hydrogen-bond acceptors (Lipinski definition) is 4. The Morgan fingerprint density at radius 1 is 0.955 bits per heavy atom. The first kappa shape index (κ1) is 17.7. The molecule has 0 spiro atoms. The smallest absolute Gasteiger partial charge is 0.404 e. The van der Waals surface area contributed by atoms with Crippen molar-refractivity contribution in [2.45, 2.75) is 32.1 Å². The minimum Gasteiger partial charge on any atom is -0.465 e. The summed E-state index contributed by atoms with van der Waals surface area (Å²) in [5, 5.41) is 13.3. The van der Waals surface area contributed by atoms with Crippen LogP contribution in [0.1, 0.15) is 32.1 Å². The SMILES string of the molecule is O=C(O)NCCCNC(=O)CCCCCN1C(=O)C=CC1=O. The Morgan fingerprint density at radius 3 is 2.23 bits per heavy atom. The fourth-order valence-corrected chi connectivity index (χ4v) is 1.98. The summed E-state index contributed by atoms with van der Waals surface area (Å²) in [6.45, 7) is 1.12.